The maximum Gasteiger partial charge on any atom is 0.160 e. The zero-order valence-electron chi connectivity index (χ0n) is 30.1. The van der Waals surface area contributed by atoms with Gasteiger partial charge >= 0.3 is 0 Å². The topological polar surface area (TPSA) is 43.6 Å². The predicted molar refractivity (Wildman–Crippen MR) is 227 cm³/mol. The summed E-state index contributed by atoms with van der Waals surface area (Å²) in [6.07, 6.45) is 9.87. The fourth-order valence-corrected chi connectivity index (χ4v) is 7.64. The second-order valence-corrected chi connectivity index (χ2v) is 14.1. The van der Waals surface area contributed by atoms with Crippen LogP contribution in [0, 0.1) is 0 Å². The molecule has 0 saturated heterocycles. The van der Waals surface area contributed by atoms with E-state index in [0.29, 0.717) is 5.92 Å². The first kappa shape index (κ1) is 32.5. The summed E-state index contributed by atoms with van der Waals surface area (Å²) in [5.74, 6) is 1.04. The Labute approximate surface area is 320 Å². The van der Waals surface area contributed by atoms with Crippen molar-refractivity contribution in [3.63, 3.8) is 0 Å². The highest BCUT2D eigenvalue weighted by atomic mass is 15.0. The maximum absolute atomic E-state index is 5.02. The van der Waals surface area contributed by atoms with Gasteiger partial charge in [0.15, 0.2) is 5.82 Å². The summed E-state index contributed by atoms with van der Waals surface area (Å²) in [5.41, 5.74) is 14.3. The number of allylic oxidation sites excluding steroid dienone is 4. The van der Waals surface area contributed by atoms with Crippen molar-refractivity contribution in [1.82, 2.24) is 19.5 Å². The Morgan fingerprint density at radius 2 is 1.11 bits per heavy atom. The Bertz CT molecular complexity index is 2810. The highest BCUT2D eigenvalue weighted by molar-refractivity contribution is 5.91. The standard InChI is InChI=1S/C51H36N4/c1-4-10-39(11-5-1)47-33-48(54-51(53-47)41-12-6-2-7-13-41)40-24-20-36(21-25-40)43-27-23-38-22-26-42(30-45(38)31-43)35-16-18-37(19-17-35)44-28-29-50-49(32-44)52-34-55(50)46-14-8-3-9-15-46/h1-18,20-34,37H,19H2. The molecule has 0 aliphatic heterocycles. The Kier molecular flexibility index (Phi) is 8.27. The van der Waals surface area contributed by atoms with Gasteiger partial charge in [0.05, 0.1) is 22.4 Å². The van der Waals surface area contributed by atoms with Crippen LogP contribution in [0.4, 0.5) is 0 Å². The Morgan fingerprint density at radius 1 is 0.491 bits per heavy atom. The minimum Gasteiger partial charge on any atom is -0.299 e. The zero-order valence-corrected chi connectivity index (χ0v) is 30.1. The van der Waals surface area contributed by atoms with Crippen LogP contribution < -0.4 is 0 Å². The molecule has 0 spiro atoms. The number of hydrogen-bond donors (Lipinski definition) is 0. The van der Waals surface area contributed by atoms with Gasteiger partial charge in [0.2, 0.25) is 0 Å². The van der Waals surface area contributed by atoms with Crippen LogP contribution in [-0.4, -0.2) is 19.5 Å². The van der Waals surface area contributed by atoms with Gasteiger partial charge in [-0.25, -0.2) is 15.0 Å². The predicted octanol–water partition coefficient (Wildman–Crippen LogP) is 12.8. The van der Waals surface area contributed by atoms with Gasteiger partial charge in [-0.05, 0) is 87.5 Å². The van der Waals surface area contributed by atoms with Crippen molar-refractivity contribution in [3.8, 4) is 50.7 Å². The first-order valence-corrected chi connectivity index (χ1v) is 18.8. The van der Waals surface area contributed by atoms with Crippen LogP contribution in [0.15, 0.2) is 200 Å². The van der Waals surface area contributed by atoms with Crippen LogP contribution in [0.5, 0.6) is 0 Å². The van der Waals surface area contributed by atoms with Crippen LogP contribution in [0.3, 0.4) is 0 Å². The number of nitrogens with zero attached hydrogens (tertiary/aromatic N) is 4. The van der Waals surface area contributed by atoms with Gasteiger partial charge < -0.3 is 0 Å². The molecule has 0 saturated carbocycles. The number of hydrogen-bond acceptors (Lipinski definition) is 3. The van der Waals surface area contributed by atoms with Crippen LogP contribution in [-0.2, 0) is 0 Å². The molecule has 2 heterocycles. The molecule has 4 nitrogen and oxygen atoms in total. The van der Waals surface area contributed by atoms with E-state index in [1.165, 1.54) is 38.6 Å². The molecule has 0 fully saturated rings. The quantitative estimate of drug-likeness (QED) is 0.166. The molecule has 1 aliphatic carbocycles. The lowest BCUT2D eigenvalue weighted by molar-refractivity contribution is 0.858. The average molecular weight is 705 g/mol. The number of rotatable bonds is 7. The summed E-state index contributed by atoms with van der Waals surface area (Å²) < 4.78 is 2.15. The van der Waals surface area contributed by atoms with Crippen molar-refractivity contribution in [1.29, 1.82) is 0 Å². The minimum atomic E-state index is 0.322. The molecule has 55 heavy (non-hydrogen) atoms. The van der Waals surface area contributed by atoms with Gasteiger partial charge in [0, 0.05) is 28.3 Å². The van der Waals surface area contributed by atoms with Crippen molar-refractivity contribution < 1.29 is 0 Å². The van der Waals surface area contributed by atoms with Gasteiger partial charge in [-0.1, -0.05) is 152 Å². The molecule has 260 valence electrons. The van der Waals surface area contributed by atoms with Gasteiger partial charge in [-0.3, -0.25) is 4.57 Å². The van der Waals surface area contributed by atoms with Crippen LogP contribution in [0.2, 0.25) is 0 Å². The van der Waals surface area contributed by atoms with Crippen molar-refractivity contribution in [2.24, 2.45) is 0 Å². The summed E-state index contributed by atoms with van der Waals surface area (Å²) in [6.45, 7) is 0. The second kappa shape index (κ2) is 14.0. The molecule has 1 aliphatic rings. The van der Waals surface area contributed by atoms with E-state index < -0.39 is 0 Å². The summed E-state index contributed by atoms with van der Waals surface area (Å²) in [7, 11) is 0. The van der Waals surface area contributed by atoms with E-state index in [1.54, 1.807) is 0 Å². The van der Waals surface area contributed by atoms with Crippen LogP contribution in [0.25, 0.3) is 78.1 Å². The molecule has 4 heteroatoms. The van der Waals surface area contributed by atoms with E-state index in [4.69, 9.17) is 15.0 Å². The third kappa shape index (κ3) is 6.45. The normalized spacial score (nSPS) is 14.0. The molecule has 0 N–H and O–H groups in total. The summed E-state index contributed by atoms with van der Waals surface area (Å²) in [6, 6.07) is 61.9. The summed E-state index contributed by atoms with van der Waals surface area (Å²) in [5, 5.41) is 2.46. The van der Waals surface area contributed by atoms with Crippen molar-refractivity contribution in [3.05, 3.63) is 212 Å². The number of aromatic nitrogens is 4. The first-order valence-electron chi connectivity index (χ1n) is 18.8. The Balaban J connectivity index is 0.893. The number of para-hydroxylation sites is 1. The fraction of sp³-hybridized carbons (Fsp3) is 0.0392. The molecule has 10 rings (SSSR count). The van der Waals surface area contributed by atoms with Gasteiger partial charge in [-0.2, -0.15) is 0 Å². The van der Waals surface area contributed by atoms with Crippen molar-refractivity contribution >= 4 is 27.4 Å². The molecule has 7 aromatic carbocycles. The molecule has 0 amide bonds. The molecule has 0 radical (unpaired) electrons. The highest BCUT2D eigenvalue weighted by Crippen LogP contribution is 2.35. The summed E-state index contributed by atoms with van der Waals surface area (Å²) in [4.78, 5) is 14.7. The number of fused-ring (bicyclic) bond motifs is 2. The zero-order chi connectivity index (χ0) is 36.6. The van der Waals surface area contributed by atoms with Crippen LogP contribution >= 0.6 is 0 Å². The second-order valence-electron chi connectivity index (χ2n) is 14.1. The first-order chi connectivity index (χ1) is 27.2. The van der Waals surface area contributed by atoms with Gasteiger partial charge in [-0.15, -0.1) is 0 Å². The SMILES string of the molecule is C1=CC(c2ccc3c(c2)ncn3-c2ccccc2)CC=C1c1ccc2ccc(-c3ccc(-c4cc(-c5ccccc5)nc(-c5ccccc5)n4)cc3)cc2c1. The Morgan fingerprint density at radius 3 is 1.82 bits per heavy atom. The minimum absolute atomic E-state index is 0.322. The smallest absolute Gasteiger partial charge is 0.160 e. The van der Waals surface area contributed by atoms with E-state index in [0.717, 1.165) is 57.0 Å². The largest absolute Gasteiger partial charge is 0.299 e. The lowest BCUT2D eigenvalue weighted by Crippen LogP contribution is -1.99. The van der Waals surface area contributed by atoms with Crippen molar-refractivity contribution in [2.75, 3.05) is 0 Å². The molecule has 0 bridgehead atoms. The van der Waals surface area contributed by atoms with E-state index >= 15 is 0 Å². The third-order valence-electron chi connectivity index (χ3n) is 10.6. The fourth-order valence-electron chi connectivity index (χ4n) is 7.64. The van der Waals surface area contributed by atoms with Crippen molar-refractivity contribution in [2.45, 2.75) is 12.3 Å². The maximum atomic E-state index is 5.02. The third-order valence-corrected chi connectivity index (χ3v) is 10.6. The monoisotopic (exact) mass is 704 g/mol. The molecule has 1 unspecified atom stereocenters. The Hall–Kier alpha value is -7.17. The lowest BCUT2D eigenvalue weighted by Gasteiger charge is -2.17. The highest BCUT2D eigenvalue weighted by Gasteiger charge is 2.16. The molecular weight excluding hydrogens is 669 g/mol. The van der Waals surface area contributed by atoms with E-state index in [9.17, 15) is 0 Å². The summed E-state index contributed by atoms with van der Waals surface area (Å²) >= 11 is 0. The molecule has 2 aromatic heterocycles. The van der Waals surface area contributed by atoms with E-state index in [-0.39, 0.29) is 0 Å². The van der Waals surface area contributed by atoms with E-state index in [1.807, 2.05) is 48.8 Å². The average Bonchev–Trinajstić information content (AvgIpc) is 3.70. The van der Waals surface area contributed by atoms with Gasteiger partial charge in [0.25, 0.3) is 0 Å². The molecule has 1 atom stereocenters. The lowest BCUT2D eigenvalue weighted by atomic mass is 9.87. The van der Waals surface area contributed by atoms with Gasteiger partial charge in [0.1, 0.15) is 6.33 Å². The molecule has 9 aromatic rings. The number of imidazole rings is 1. The van der Waals surface area contributed by atoms with E-state index in [2.05, 4.69) is 156 Å². The van der Waals surface area contributed by atoms with Crippen LogP contribution in [0.1, 0.15) is 23.5 Å². The molecular formula is C51H36N4. The number of benzene rings is 7.